The summed E-state index contributed by atoms with van der Waals surface area (Å²) in [5.41, 5.74) is 0. The third-order valence-corrected chi connectivity index (χ3v) is 11.7. The van der Waals surface area contributed by atoms with Crippen LogP contribution < -0.4 is 0 Å². The molecule has 374 valence electrons. The molecule has 0 N–H and O–H groups in total. The molecule has 0 bridgehead atoms. The zero-order valence-electron chi connectivity index (χ0n) is 42.7. The van der Waals surface area contributed by atoms with Gasteiger partial charge in [-0.15, -0.1) is 0 Å². The lowest BCUT2D eigenvalue weighted by Gasteiger charge is -2.18. The Kier molecular flexibility index (Phi) is 50.9. The topological polar surface area (TPSA) is 78.9 Å². The van der Waals surface area contributed by atoms with E-state index in [-0.39, 0.29) is 37.5 Å². The van der Waals surface area contributed by atoms with Crippen LogP contribution in [0.2, 0.25) is 0 Å². The third kappa shape index (κ3) is 51.7. The number of rotatable bonds is 49. The summed E-state index contributed by atoms with van der Waals surface area (Å²) in [5.74, 6) is -0.973. The largest absolute Gasteiger partial charge is 0.462 e. The summed E-state index contributed by atoms with van der Waals surface area (Å²) in [7, 11) is 0. The van der Waals surface area contributed by atoms with Crippen LogP contribution in [0.15, 0.2) is 72.9 Å². The van der Waals surface area contributed by atoms with Crippen molar-refractivity contribution in [2.24, 2.45) is 0 Å². The molecule has 0 aliphatic carbocycles. The highest BCUT2D eigenvalue weighted by molar-refractivity contribution is 5.71. The molecule has 6 heteroatoms. The molecule has 1 atom stereocenters. The average Bonchev–Trinajstić information content (AvgIpc) is 3.30. The first kappa shape index (κ1) is 61.9. The number of hydrogen-bond acceptors (Lipinski definition) is 6. The standard InChI is InChI=1S/C59H102O6/c1-4-7-10-13-16-19-22-25-27-29-31-32-34-37-40-43-46-49-52-58(61)64-55-56(54-63-57(60)51-48-45-42-39-36-24-21-18-15-12-9-6-3)65-59(62)53-50-47-44-41-38-35-33-30-28-26-23-20-17-14-11-8-5-2/h17-18,20-21,26,28,31-33,35,41,44,56H,4-16,19,22-25,27,29-30,34,36-40,42-43,45-55H2,1-3H3/b20-17-,21-18-,28-26-,32-31-,35-33-,44-41-. The molecule has 0 spiro atoms. The zero-order valence-corrected chi connectivity index (χ0v) is 42.7. The van der Waals surface area contributed by atoms with E-state index in [1.165, 1.54) is 135 Å². The molecule has 65 heavy (non-hydrogen) atoms. The van der Waals surface area contributed by atoms with Crippen molar-refractivity contribution in [3.63, 3.8) is 0 Å². The Morgan fingerprint density at radius 2 is 0.569 bits per heavy atom. The predicted octanol–water partition coefficient (Wildman–Crippen LogP) is 18.2. The molecule has 0 rings (SSSR count). The van der Waals surface area contributed by atoms with E-state index >= 15 is 0 Å². The van der Waals surface area contributed by atoms with Gasteiger partial charge in [0.15, 0.2) is 6.10 Å². The van der Waals surface area contributed by atoms with Gasteiger partial charge in [0.25, 0.3) is 0 Å². The van der Waals surface area contributed by atoms with Crippen molar-refractivity contribution in [3.8, 4) is 0 Å². The second-order valence-corrected chi connectivity index (χ2v) is 18.1. The van der Waals surface area contributed by atoms with E-state index in [2.05, 4.69) is 93.7 Å². The van der Waals surface area contributed by atoms with Gasteiger partial charge in [0.2, 0.25) is 0 Å². The van der Waals surface area contributed by atoms with Gasteiger partial charge in [-0.3, -0.25) is 14.4 Å². The van der Waals surface area contributed by atoms with Crippen molar-refractivity contribution in [1.82, 2.24) is 0 Å². The smallest absolute Gasteiger partial charge is 0.306 e. The Hall–Kier alpha value is -3.15. The van der Waals surface area contributed by atoms with Crippen LogP contribution in [-0.4, -0.2) is 37.2 Å². The van der Waals surface area contributed by atoms with E-state index in [1.807, 2.05) is 0 Å². The van der Waals surface area contributed by atoms with Gasteiger partial charge in [0, 0.05) is 19.3 Å². The van der Waals surface area contributed by atoms with Crippen molar-refractivity contribution in [1.29, 1.82) is 0 Å². The summed E-state index contributed by atoms with van der Waals surface area (Å²) in [4.78, 5) is 38.0. The molecule has 0 fully saturated rings. The second-order valence-electron chi connectivity index (χ2n) is 18.1. The maximum absolute atomic E-state index is 12.8. The third-order valence-electron chi connectivity index (χ3n) is 11.7. The van der Waals surface area contributed by atoms with E-state index < -0.39 is 6.10 Å². The van der Waals surface area contributed by atoms with Gasteiger partial charge in [-0.1, -0.05) is 209 Å². The van der Waals surface area contributed by atoms with Crippen LogP contribution in [0.3, 0.4) is 0 Å². The Morgan fingerprint density at radius 1 is 0.308 bits per heavy atom. The molecule has 0 amide bonds. The monoisotopic (exact) mass is 907 g/mol. The quantitative estimate of drug-likeness (QED) is 0.0262. The van der Waals surface area contributed by atoms with E-state index in [9.17, 15) is 14.4 Å². The van der Waals surface area contributed by atoms with Crippen molar-refractivity contribution >= 4 is 17.9 Å². The Balaban J connectivity index is 4.46. The van der Waals surface area contributed by atoms with Crippen LogP contribution in [0.25, 0.3) is 0 Å². The summed E-state index contributed by atoms with van der Waals surface area (Å²) in [6.07, 6.45) is 67.5. The Labute approximate surface area is 402 Å². The van der Waals surface area contributed by atoms with Gasteiger partial charge in [-0.05, 0) is 109 Å². The predicted molar refractivity (Wildman–Crippen MR) is 279 cm³/mol. The van der Waals surface area contributed by atoms with Crippen LogP contribution in [0.5, 0.6) is 0 Å². The van der Waals surface area contributed by atoms with Crippen LogP contribution in [-0.2, 0) is 28.6 Å². The number of esters is 3. The number of ether oxygens (including phenoxy) is 3. The summed E-state index contributed by atoms with van der Waals surface area (Å²) in [5, 5.41) is 0. The highest BCUT2D eigenvalue weighted by atomic mass is 16.6. The molecule has 0 saturated carbocycles. The second kappa shape index (κ2) is 53.5. The Bertz CT molecular complexity index is 1230. The van der Waals surface area contributed by atoms with Gasteiger partial charge < -0.3 is 14.2 Å². The lowest BCUT2D eigenvalue weighted by molar-refractivity contribution is -0.167. The molecule has 0 aliphatic rings. The average molecular weight is 907 g/mol. The number of unbranched alkanes of at least 4 members (excludes halogenated alkanes) is 26. The van der Waals surface area contributed by atoms with Crippen LogP contribution in [0.4, 0.5) is 0 Å². The summed E-state index contributed by atoms with van der Waals surface area (Å²) >= 11 is 0. The molecule has 6 nitrogen and oxygen atoms in total. The van der Waals surface area contributed by atoms with Crippen molar-refractivity contribution in [3.05, 3.63) is 72.9 Å². The fraction of sp³-hybridized carbons (Fsp3) is 0.746. The van der Waals surface area contributed by atoms with E-state index in [4.69, 9.17) is 14.2 Å². The van der Waals surface area contributed by atoms with Gasteiger partial charge in [0.05, 0.1) is 0 Å². The molecule has 0 aromatic carbocycles. The minimum atomic E-state index is -0.810. The van der Waals surface area contributed by atoms with E-state index in [0.717, 1.165) is 83.5 Å². The SMILES string of the molecule is CCCCC/C=C\C/C=C\C/C=C\C/C=C\CCCC(=O)OC(COC(=O)CCCCCCC/C=C\CCCCC)COC(=O)CCCCCCC/C=C\CCCCCCCCCCC. The highest BCUT2D eigenvalue weighted by Gasteiger charge is 2.19. The van der Waals surface area contributed by atoms with Gasteiger partial charge in [-0.25, -0.2) is 0 Å². The minimum absolute atomic E-state index is 0.104. The molecule has 0 saturated heterocycles. The van der Waals surface area contributed by atoms with E-state index in [1.54, 1.807) is 0 Å². The van der Waals surface area contributed by atoms with Crippen LogP contribution in [0.1, 0.15) is 265 Å². The van der Waals surface area contributed by atoms with E-state index in [0.29, 0.717) is 19.3 Å². The molecular formula is C59H102O6. The minimum Gasteiger partial charge on any atom is -0.462 e. The fourth-order valence-corrected chi connectivity index (χ4v) is 7.48. The van der Waals surface area contributed by atoms with Crippen LogP contribution in [0, 0.1) is 0 Å². The normalized spacial score (nSPS) is 12.6. The van der Waals surface area contributed by atoms with Crippen molar-refractivity contribution < 1.29 is 28.6 Å². The summed E-state index contributed by atoms with van der Waals surface area (Å²) in [6, 6.07) is 0. The van der Waals surface area contributed by atoms with Crippen LogP contribution >= 0.6 is 0 Å². The zero-order chi connectivity index (χ0) is 47.2. The fourth-order valence-electron chi connectivity index (χ4n) is 7.48. The van der Waals surface area contributed by atoms with Crippen molar-refractivity contribution in [2.75, 3.05) is 13.2 Å². The first-order valence-electron chi connectivity index (χ1n) is 27.4. The molecule has 0 aromatic heterocycles. The Morgan fingerprint density at radius 3 is 0.954 bits per heavy atom. The lowest BCUT2D eigenvalue weighted by Crippen LogP contribution is -2.30. The number of allylic oxidation sites excluding steroid dienone is 12. The number of carbonyl (C=O) groups excluding carboxylic acids is 3. The first-order valence-corrected chi connectivity index (χ1v) is 27.4. The highest BCUT2D eigenvalue weighted by Crippen LogP contribution is 2.14. The lowest BCUT2D eigenvalue weighted by atomic mass is 10.1. The molecule has 0 aliphatic heterocycles. The number of carbonyl (C=O) groups is 3. The van der Waals surface area contributed by atoms with Crippen molar-refractivity contribution in [2.45, 2.75) is 271 Å². The molecule has 1 unspecified atom stereocenters. The molecule has 0 heterocycles. The van der Waals surface area contributed by atoms with Gasteiger partial charge in [0.1, 0.15) is 13.2 Å². The first-order chi connectivity index (χ1) is 32.0. The van der Waals surface area contributed by atoms with Gasteiger partial charge in [-0.2, -0.15) is 0 Å². The molecule has 0 radical (unpaired) electrons. The molecule has 0 aromatic rings. The molecular weight excluding hydrogens is 805 g/mol. The maximum atomic E-state index is 12.8. The van der Waals surface area contributed by atoms with Gasteiger partial charge >= 0.3 is 17.9 Å². The maximum Gasteiger partial charge on any atom is 0.306 e. The summed E-state index contributed by atoms with van der Waals surface area (Å²) < 4.78 is 16.8. The summed E-state index contributed by atoms with van der Waals surface area (Å²) in [6.45, 7) is 6.53. The number of hydrogen-bond donors (Lipinski definition) is 0.